The zero-order valence-electron chi connectivity index (χ0n) is 15.9. The molecule has 0 atom stereocenters. The van der Waals surface area contributed by atoms with Crippen LogP contribution in [-0.4, -0.2) is 34.0 Å². The molecule has 1 saturated heterocycles. The second-order valence-corrected chi connectivity index (χ2v) is 8.40. The van der Waals surface area contributed by atoms with Crippen molar-refractivity contribution < 1.29 is 13.2 Å². The van der Waals surface area contributed by atoms with Gasteiger partial charge >= 0.3 is 0 Å². The maximum absolute atomic E-state index is 12.2. The van der Waals surface area contributed by atoms with Gasteiger partial charge in [0.1, 0.15) is 0 Å². The molecule has 2 aromatic rings. The molecule has 2 N–H and O–H groups in total. The van der Waals surface area contributed by atoms with Crippen molar-refractivity contribution in [3.63, 3.8) is 0 Å². The van der Waals surface area contributed by atoms with Crippen LogP contribution in [-0.2, 0) is 14.8 Å². The van der Waals surface area contributed by atoms with Gasteiger partial charge in [0, 0.05) is 37.1 Å². The predicted octanol–water partition coefficient (Wildman–Crippen LogP) is 3.24. The van der Waals surface area contributed by atoms with Crippen LogP contribution in [0.3, 0.4) is 0 Å². The van der Waals surface area contributed by atoms with Crippen molar-refractivity contribution in [1.29, 1.82) is 0 Å². The predicted molar refractivity (Wildman–Crippen MR) is 113 cm³/mol. The second kappa shape index (κ2) is 9.03. The molecule has 1 amide bonds. The summed E-state index contributed by atoms with van der Waals surface area (Å²) in [5, 5.41) is 2.87. The van der Waals surface area contributed by atoms with Crippen molar-refractivity contribution in [3.05, 3.63) is 60.2 Å². The lowest BCUT2D eigenvalue weighted by atomic mass is 10.2. The maximum Gasteiger partial charge on any atom is 0.248 e. The minimum Gasteiger partial charge on any atom is -0.371 e. The second-order valence-electron chi connectivity index (χ2n) is 6.64. The van der Waals surface area contributed by atoms with Crippen LogP contribution in [0.2, 0.25) is 0 Å². The maximum atomic E-state index is 12.2. The van der Waals surface area contributed by atoms with Crippen LogP contribution in [0.5, 0.6) is 0 Å². The molecule has 1 fully saturated rings. The van der Waals surface area contributed by atoms with E-state index in [0.717, 1.165) is 30.0 Å². The average molecular weight is 400 g/mol. The van der Waals surface area contributed by atoms with Gasteiger partial charge in [-0.15, -0.1) is 0 Å². The van der Waals surface area contributed by atoms with E-state index in [1.54, 1.807) is 25.1 Å². The molecular formula is C21H25N3O3S. The molecule has 3 rings (SSSR count). The molecule has 0 bridgehead atoms. The van der Waals surface area contributed by atoms with Gasteiger partial charge in [0.15, 0.2) is 0 Å². The number of amides is 1. The molecule has 1 heterocycles. The fourth-order valence-electron chi connectivity index (χ4n) is 3.14. The summed E-state index contributed by atoms with van der Waals surface area (Å²) < 4.78 is 26.3. The standard InChI is InChI=1S/C21H25N3O3S/c1-2-22-28(26,27)20-11-8-17(9-12-20)10-13-21(25)23-18-6-5-7-19(16-18)24-14-3-4-15-24/h5-13,16,22H,2-4,14-15H2,1H3,(H,23,25)/b13-10+. The lowest BCUT2D eigenvalue weighted by molar-refractivity contribution is -0.111. The van der Waals surface area contributed by atoms with E-state index in [0.29, 0.717) is 6.54 Å². The Morgan fingerprint density at radius 1 is 1.11 bits per heavy atom. The van der Waals surface area contributed by atoms with E-state index in [-0.39, 0.29) is 10.8 Å². The van der Waals surface area contributed by atoms with Gasteiger partial charge in [-0.25, -0.2) is 13.1 Å². The van der Waals surface area contributed by atoms with Gasteiger partial charge < -0.3 is 10.2 Å². The van der Waals surface area contributed by atoms with Crippen molar-refractivity contribution in [2.24, 2.45) is 0 Å². The van der Waals surface area contributed by atoms with Gasteiger partial charge in [0.2, 0.25) is 15.9 Å². The number of hydrogen-bond acceptors (Lipinski definition) is 4. The number of carbonyl (C=O) groups is 1. The van der Waals surface area contributed by atoms with Crippen molar-refractivity contribution in [3.8, 4) is 0 Å². The normalized spacial score (nSPS) is 14.5. The number of nitrogens with one attached hydrogen (secondary N) is 2. The summed E-state index contributed by atoms with van der Waals surface area (Å²) in [6, 6.07) is 14.2. The first-order valence-corrected chi connectivity index (χ1v) is 10.9. The molecule has 0 spiro atoms. The van der Waals surface area contributed by atoms with E-state index in [4.69, 9.17) is 0 Å². The zero-order valence-corrected chi connectivity index (χ0v) is 16.7. The van der Waals surface area contributed by atoms with E-state index in [1.807, 2.05) is 18.2 Å². The first kappa shape index (κ1) is 20.1. The highest BCUT2D eigenvalue weighted by molar-refractivity contribution is 7.89. The highest BCUT2D eigenvalue weighted by Gasteiger charge is 2.13. The Balaban J connectivity index is 1.62. The summed E-state index contributed by atoms with van der Waals surface area (Å²) in [6.45, 7) is 4.17. The van der Waals surface area contributed by atoms with Gasteiger partial charge in [0.05, 0.1) is 4.90 Å². The summed E-state index contributed by atoms with van der Waals surface area (Å²) in [5.74, 6) is -0.233. The number of benzene rings is 2. The Bertz CT molecular complexity index is 947. The molecule has 7 heteroatoms. The van der Waals surface area contributed by atoms with Gasteiger partial charge in [-0.2, -0.15) is 0 Å². The van der Waals surface area contributed by atoms with Crippen LogP contribution >= 0.6 is 0 Å². The Kier molecular flexibility index (Phi) is 6.49. The molecule has 0 saturated carbocycles. The van der Waals surface area contributed by atoms with E-state index < -0.39 is 10.0 Å². The van der Waals surface area contributed by atoms with Gasteiger partial charge in [-0.1, -0.05) is 25.1 Å². The van der Waals surface area contributed by atoms with Crippen molar-refractivity contribution in [2.45, 2.75) is 24.7 Å². The Labute approximate surface area is 166 Å². The molecule has 1 aliphatic heterocycles. The first-order valence-electron chi connectivity index (χ1n) is 9.42. The van der Waals surface area contributed by atoms with Crippen LogP contribution in [0, 0.1) is 0 Å². The lowest BCUT2D eigenvalue weighted by Crippen LogP contribution is -2.22. The van der Waals surface area contributed by atoms with Gasteiger partial charge in [0.25, 0.3) is 0 Å². The number of nitrogens with zero attached hydrogens (tertiary/aromatic N) is 1. The number of hydrogen-bond donors (Lipinski definition) is 2. The molecule has 0 radical (unpaired) electrons. The van der Waals surface area contributed by atoms with Crippen LogP contribution in [0.4, 0.5) is 11.4 Å². The van der Waals surface area contributed by atoms with Gasteiger partial charge in [-0.3, -0.25) is 4.79 Å². The summed E-state index contributed by atoms with van der Waals surface area (Å²) in [7, 11) is -3.47. The van der Waals surface area contributed by atoms with Crippen molar-refractivity contribution >= 4 is 33.4 Å². The van der Waals surface area contributed by atoms with E-state index in [9.17, 15) is 13.2 Å². The molecule has 1 aliphatic rings. The third-order valence-corrected chi connectivity index (χ3v) is 6.10. The highest BCUT2D eigenvalue weighted by Crippen LogP contribution is 2.23. The minimum absolute atomic E-state index is 0.203. The molecule has 148 valence electrons. The largest absolute Gasteiger partial charge is 0.371 e. The molecule has 28 heavy (non-hydrogen) atoms. The van der Waals surface area contributed by atoms with E-state index in [1.165, 1.54) is 31.1 Å². The summed E-state index contributed by atoms with van der Waals surface area (Å²) >= 11 is 0. The number of anilines is 2. The first-order chi connectivity index (χ1) is 13.5. The lowest BCUT2D eigenvalue weighted by Gasteiger charge is -2.18. The van der Waals surface area contributed by atoms with Crippen LogP contribution in [0.15, 0.2) is 59.5 Å². The van der Waals surface area contributed by atoms with E-state index >= 15 is 0 Å². The molecular weight excluding hydrogens is 374 g/mol. The fraction of sp³-hybridized carbons (Fsp3) is 0.286. The van der Waals surface area contributed by atoms with Crippen LogP contribution < -0.4 is 14.9 Å². The number of carbonyl (C=O) groups excluding carboxylic acids is 1. The number of sulfonamides is 1. The van der Waals surface area contributed by atoms with Crippen LogP contribution in [0.1, 0.15) is 25.3 Å². The average Bonchev–Trinajstić information content (AvgIpc) is 3.22. The summed E-state index contributed by atoms with van der Waals surface area (Å²) in [6.07, 6.45) is 5.50. The van der Waals surface area contributed by atoms with Crippen molar-refractivity contribution in [1.82, 2.24) is 4.72 Å². The highest BCUT2D eigenvalue weighted by atomic mass is 32.2. The topological polar surface area (TPSA) is 78.5 Å². The molecule has 6 nitrogen and oxygen atoms in total. The smallest absolute Gasteiger partial charge is 0.248 e. The third-order valence-electron chi connectivity index (χ3n) is 4.54. The van der Waals surface area contributed by atoms with Crippen LogP contribution in [0.25, 0.3) is 6.08 Å². The molecule has 0 aliphatic carbocycles. The van der Waals surface area contributed by atoms with Gasteiger partial charge in [-0.05, 0) is 54.8 Å². The summed E-state index contributed by atoms with van der Waals surface area (Å²) in [5.41, 5.74) is 2.62. The molecule has 0 unspecified atom stereocenters. The fourth-order valence-corrected chi connectivity index (χ4v) is 4.18. The Morgan fingerprint density at radius 2 is 1.82 bits per heavy atom. The molecule has 0 aromatic heterocycles. The SMILES string of the molecule is CCNS(=O)(=O)c1ccc(/C=C/C(=O)Nc2cccc(N3CCCC3)c2)cc1. The quantitative estimate of drug-likeness (QED) is 0.701. The minimum atomic E-state index is -3.47. The Hall–Kier alpha value is -2.64. The zero-order chi connectivity index (χ0) is 20.0. The molecule has 2 aromatic carbocycles. The summed E-state index contributed by atoms with van der Waals surface area (Å²) in [4.78, 5) is 14.7. The Morgan fingerprint density at radius 3 is 2.50 bits per heavy atom. The van der Waals surface area contributed by atoms with E-state index in [2.05, 4.69) is 21.0 Å². The van der Waals surface area contributed by atoms with Crippen molar-refractivity contribution in [2.75, 3.05) is 29.9 Å². The third kappa shape index (κ3) is 5.21. The number of rotatable bonds is 7. The monoisotopic (exact) mass is 399 g/mol.